The number of nitrogen functional groups attached to an aromatic ring is 1. The highest BCUT2D eigenvalue weighted by Gasteiger charge is 2.24. The number of likely N-dealkylation sites (tertiary alicyclic amines) is 1. The smallest absolute Gasteiger partial charge is 0.231 e. The summed E-state index contributed by atoms with van der Waals surface area (Å²) < 4.78 is 12.6. The number of ether oxygens (including phenoxy) is 2. The van der Waals surface area contributed by atoms with Crippen LogP contribution >= 0.6 is 0 Å². The number of piperidine rings is 1. The number of aryl methyl sites for hydroxylation is 1. The zero-order valence-corrected chi connectivity index (χ0v) is 17.7. The molecule has 1 unspecified atom stereocenters. The highest BCUT2D eigenvalue weighted by molar-refractivity contribution is 5.48. The predicted molar refractivity (Wildman–Crippen MR) is 116 cm³/mol. The fraction of sp³-hybridized carbons (Fsp3) is 0.478. The summed E-state index contributed by atoms with van der Waals surface area (Å²) in [5.41, 5.74) is 10.4. The Labute approximate surface area is 176 Å². The van der Waals surface area contributed by atoms with Crippen molar-refractivity contribution in [2.75, 3.05) is 32.2 Å². The summed E-state index contributed by atoms with van der Waals surface area (Å²) >= 11 is 0. The van der Waals surface area contributed by atoms with Gasteiger partial charge in [-0.3, -0.25) is 0 Å². The molecule has 3 aromatic rings. The van der Waals surface area contributed by atoms with Gasteiger partial charge in [0.25, 0.3) is 0 Å². The van der Waals surface area contributed by atoms with Crippen LogP contribution in [-0.2, 0) is 6.42 Å². The number of aromatic nitrogens is 3. The summed E-state index contributed by atoms with van der Waals surface area (Å²) in [4.78, 5) is 7.41. The Morgan fingerprint density at radius 3 is 2.77 bits per heavy atom. The van der Waals surface area contributed by atoms with Crippen molar-refractivity contribution in [3.05, 3.63) is 47.3 Å². The zero-order chi connectivity index (χ0) is 20.7. The van der Waals surface area contributed by atoms with Gasteiger partial charge < -0.3 is 20.1 Å². The second-order valence-corrected chi connectivity index (χ2v) is 8.73. The predicted octanol–water partition coefficient (Wildman–Crippen LogP) is 3.41. The molecule has 1 atom stereocenters. The molecule has 4 heterocycles. The minimum absolute atomic E-state index is 0.331. The van der Waals surface area contributed by atoms with Crippen LogP contribution in [0.1, 0.15) is 42.6 Å². The third kappa shape index (κ3) is 3.81. The molecule has 30 heavy (non-hydrogen) atoms. The maximum Gasteiger partial charge on any atom is 0.231 e. The molecule has 2 aromatic heterocycles. The SMILES string of the molecule is Cc1cc2nc(C3CCN(CC(C)Cc4ccc5c(c4)OCO5)CC3)cc(N)n2n1. The number of benzene rings is 1. The maximum atomic E-state index is 6.21. The Morgan fingerprint density at radius 1 is 1.13 bits per heavy atom. The average molecular weight is 408 g/mol. The van der Waals surface area contributed by atoms with E-state index in [1.807, 2.05) is 25.1 Å². The maximum absolute atomic E-state index is 6.21. The molecule has 5 rings (SSSR count). The third-order valence-corrected chi connectivity index (χ3v) is 6.19. The summed E-state index contributed by atoms with van der Waals surface area (Å²) in [7, 11) is 0. The number of nitrogens with two attached hydrogens (primary N) is 1. The first-order valence-electron chi connectivity index (χ1n) is 10.8. The number of anilines is 1. The molecule has 158 valence electrons. The first-order valence-corrected chi connectivity index (χ1v) is 10.8. The van der Waals surface area contributed by atoms with E-state index in [-0.39, 0.29) is 0 Å². The van der Waals surface area contributed by atoms with Crippen molar-refractivity contribution >= 4 is 11.5 Å². The van der Waals surface area contributed by atoms with E-state index >= 15 is 0 Å². The van der Waals surface area contributed by atoms with Crippen LogP contribution < -0.4 is 15.2 Å². The van der Waals surface area contributed by atoms with Crippen LogP contribution in [0.4, 0.5) is 5.82 Å². The Kier molecular flexibility index (Phi) is 4.98. The number of nitrogens with zero attached hydrogens (tertiary/aromatic N) is 4. The highest BCUT2D eigenvalue weighted by atomic mass is 16.7. The van der Waals surface area contributed by atoms with Crippen molar-refractivity contribution in [1.29, 1.82) is 0 Å². The average Bonchev–Trinajstić information content (AvgIpc) is 3.34. The van der Waals surface area contributed by atoms with Gasteiger partial charge in [0.05, 0.1) is 5.69 Å². The third-order valence-electron chi connectivity index (χ3n) is 6.19. The van der Waals surface area contributed by atoms with E-state index in [0.717, 1.165) is 67.4 Å². The van der Waals surface area contributed by atoms with Gasteiger partial charge in [0, 0.05) is 30.3 Å². The lowest BCUT2D eigenvalue weighted by Crippen LogP contribution is -2.36. The Hall–Kier alpha value is -2.80. The topological polar surface area (TPSA) is 77.9 Å². The molecule has 7 heteroatoms. The Balaban J connectivity index is 1.17. The van der Waals surface area contributed by atoms with E-state index in [4.69, 9.17) is 20.2 Å². The van der Waals surface area contributed by atoms with E-state index in [9.17, 15) is 0 Å². The number of fused-ring (bicyclic) bond motifs is 2. The van der Waals surface area contributed by atoms with Crippen LogP contribution in [-0.4, -0.2) is 45.9 Å². The van der Waals surface area contributed by atoms with Crippen molar-refractivity contribution in [1.82, 2.24) is 19.5 Å². The minimum Gasteiger partial charge on any atom is -0.454 e. The van der Waals surface area contributed by atoms with E-state index in [1.165, 1.54) is 5.56 Å². The number of hydrogen-bond acceptors (Lipinski definition) is 6. The van der Waals surface area contributed by atoms with Crippen LogP contribution in [0, 0.1) is 12.8 Å². The molecule has 1 fully saturated rings. The number of hydrogen-bond donors (Lipinski definition) is 1. The van der Waals surface area contributed by atoms with Gasteiger partial charge in [0.1, 0.15) is 5.82 Å². The van der Waals surface area contributed by atoms with E-state index in [1.54, 1.807) is 4.52 Å². The van der Waals surface area contributed by atoms with E-state index in [0.29, 0.717) is 24.4 Å². The van der Waals surface area contributed by atoms with Crippen LogP contribution in [0.3, 0.4) is 0 Å². The highest BCUT2D eigenvalue weighted by Crippen LogP contribution is 2.33. The molecule has 0 amide bonds. The van der Waals surface area contributed by atoms with Gasteiger partial charge in [0.15, 0.2) is 17.1 Å². The summed E-state index contributed by atoms with van der Waals surface area (Å²) in [6, 6.07) is 10.3. The standard InChI is InChI=1S/C23H29N5O2/c1-15(9-17-3-4-20-21(11-17)30-14-29-20)13-27-7-5-18(6-8-27)19-12-22(24)28-23(25-19)10-16(2)26-28/h3-4,10-12,15,18H,5-9,13-14,24H2,1-2H3. The zero-order valence-electron chi connectivity index (χ0n) is 17.7. The fourth-order valence-corrected chi connectivity index (χ4v) is 4.73. The van der Waals surface area contributed by atoms with E-state index < -0.39 is 0 Å². The monoisotopic (exact) mass is 407 g/mol. The molecule has 2 N–H and O–H groups in total. The summed E-state index contributed by atoms with van der Waals surface area (Å²) in [5, 5.41) is 4.40. The van der Waals surface area contributed by atoms with Crippen LogP contribution in [0.25, 0.3) is 5.65 Å². The molecule has 0 aliphatic carbocycles. The molecular formula is C23H29N5O2. The van der Waals surface area contributed by atoms with Crippen LogP contribution in [0.2, 0.25) is 0 Å². The van der Waals surface area contributed by atoms with Crippen molar-refractivity contribution < 1.29 is 9.47 Å². The lowest BCUT2D eigenvalue weighted by atomic mass is 9.92. The summed E-state index contributed by atoms with van der Waals surface area (Å²) in [6.45, 7) is 7.93. The molecule has 1 saturated heterocycles. The van der Waals surface area contributed by atoms with Gasteiger partial charge in [-0.15, -0.1) is 0 Å². The molecular weight excluding hydrogens is 378 g/mol. The van der Waals surface area contributed by atoms with Crippen molar-refractivity contribution in [3.8, 4) is 11.5 Å². The molecule has 0 radical (unpaired) electrons. The first-order chi connectivity index (χ1) is 14.5. The number of rotatable bonds is 5. The lowest BCUT2D eigenvalue weighted by Gasteiger charge is -2.33. The van der Waals surface area contributed by atoms with Gasteiger partial charge >= 0.3 is 0 Å². The van der Waals surface area contributed by atoms with Crippen molar-refractivity contribution in [3.63, 3.8) is 0 Å². The van der Waals surface area contributed by atoms with Crippen LogP contribution in [0.5, 0.6) is 11.5 Å². The van der Waals surface area contributed by atoms with Gasteiger partial charge in [-0.1, -0.05) is 13.0 Å². The molecule has 0 spiro atoms. The van der Waals surface area contributed by atoms with Gasteiger partial charge in [-0.25, -0.2) is 4.98 Å². The second kappa shape index (κ2) is 7.80. The first kappa shape index (κ1) is 19.2. The Bertz CT molecular complexity index is 1060. The summed E-state index contributed by atoms with van der Waals surface area (Å²) in [5.74, 6) is 3.45. The molecule has 2 aliphatic rings. The van der Waals surface area contributed by atoms with Crippen LogP contribution in [0.15, 0.2) is 30.3 Å². The minimum atomic E-state index is 0.331. The van der Waals surface area contributed by atoms with Gasteiger partial charge in [-0.05, 0) is 62.9 Å². The van der Waals surface area contributed by atoms with Crippen molar-refractivity contribution in [2.45, 2.75) is 39.0 Å². The van der Waals surface area contributed by atoms with Gasteiger partial charge in [-0.2, -0.15) is 9.61 Å². The molecule has 0 saturated carbocycles. The second-order valence-electron chi connectivity index (χ2n) is 8.73. The molecule has 2 aliphatic heterocycles. The lowest BCUT2D eigenvalue weighted by molar-refractivity contribution is 0.174. The van der Waals surface area contributed by atoms with Gasteiger partial charge in [0.2, 0.25) is 6.79 Å². The summed E-state index contributed by atoms with van der Waals surface area (Å²) in [6.07, 6.45) is 3.28. The molecule has 1 aromatic carbocycles. The fourth-order valence-electron chi connectivity index (χ4n) is 4.73. The van der Waals surface area contributed by atoms with Crippen molar-refractivity contribution in [2.24, 2.45) is 5.92 Å². The molecule has 7 nitrogen and oxygen atoms in total. The normalized spacial score (nSPS) is 18.2. The molecule has 0 bridgehead atoms. The quantitative estimate of drug-likeness (QED) is 0.698. The van der Waals surface area contributed by atoms with E-state index in [2.05, 4.69) is 29.1 Å². The Morgan fingerprint density at radius 2 is 1.93 bits per heavy atom. The largest absolute Gasteiger partial charge is 0.454 e.